The van der Waals surface area contributed by atoms with Gasteiger partial charge in [0.1, 0.15) is 11.5 Å². The number of benzene rings is 1. The van der Waals surface area contributed by atoms with E-state index in [9.17, 15) is 4.79 Å². The van der Waals surface area contributed by atoms with Crippen molar-refractivity contribution in [3.63, 3.8) is 0 Å². The molecule has 3 heterocycles. The summed E-state index contributed by atoms with van der Waals surface area (Å²) in [5.74, 6) is 1.18. The third kappa shape index (κ3) is 4.23. The van der Waals surface area contributed by atoms with Gasteiger partial charge in [-0.3, -0.25) is 4.79 Å². The van der Waals surface area contributed by atoms with Crippen LogP contribution in [0.2, 0.25) is 0 Å². The van der Waals surface area contributed by atoms with E-state index in [1.165, 1.54) is 0 Å². The van der Waals surface area contributed by atoms with Crippen LogP contribution in [0, 0.1) is 13.8 Å². The molecule has 3 aromatic heterocycles. The first kappa shape index (κ1) is 18.6. The molecule has 0 unspecified atom stereocenters. The van der Waals surface area contributed by atoms with E-state index >= 15 is 0 Å². The van der Waals surface area contributed by atoms with Crippen LogP contribution in [0.15, 0.2) is 47.0 Å². The van der Waals surface area contributed by atoms with E-state index in [0.29, 0.717) is 36.0 Å². The monoisotopic (exact) mass is 391 g/mol. The SMILES string of the molecule is Cc1cc(C)n(-c2ccc(NCCNC(=O)Cc3noc4ccccc34)nn2)n1. The quantitative estimate of drug-likeness (QED) is 0.465. The smallest absolute Gasteiger partial charge is 0.226 e. The van der Waals surface area contributed by atoms with Crippen LogP contribution in [0.25, 0.3) is 16.8 Å². The molecular formula is C20H21N7O2. The minimum Gasteiger partial charge on any atom is -0.367 e. The zero-order valence-electron chi connectivity index (χ0n) is 16.2. The van der Waals surface area contributed by atoms with E-state index in [1.807, 2.05) is 56.3 Å². The second-order valence-electron chi connectivity index (χ2n) is 6.69. The predicted molar refractivity (Wildman–Crippen MR) is 108 cm³/mol. The van der Waals surface area contributed by atoms with E-state index in [1.54, 1.807) is 4.68 Å². The van der Waals surface area contributed by atoms with Gasteiger partial charge in [0.25, 0.3) is 0 Å². The molecule has 0 atom stereocenters. The molecule has 0 aliphatic carbocycles. The largest absolute Gasteiger partial charge is 0.367 e. The Balaban J connectivity index is 1.25. The Morgan fingerprint density at radius 2 is 1.97 bits per heavy atom. The fourth-order valence-corrected chi connectivity index (χ4v) is 3.07. The maximum atomic E-state index is 12.1. The molecule has 0 saturated carbocycles. The first-order valence-corrected chi connectivity index (χ1v) is 9.31. The van der Waals surface area contributed by atoms with Crippen LogP contribution in [0.4, 0.5) is 5.82 Å². The van der Waals surface area contributed by atoms with Gasteiger partial charge in [0.15, 0.2) is 11.4 Å². The van der Waals surface area contributed by atoms with Crippen molar-refractivity contribution in [2.45, 2.75) is 20.3 Å². The highest BCUT2D eigenvalue weighted by atomic mass is 16.5. The van der Waals surface area contributed by atoms with Crippen LogP contribution >= 0.6 is 0 Å². The summed E-state index contributed by atoms with van der Waals surface area (Å²) in [6, 6.07) is 13.2. The van der Waals surface area contributed by atoms with Crippen LogP contribution in [-0.2, 0) is 11.2 Å². The Hall–Kier alpha value is -3.75. The van der Waals surface area contributed by atoms with Crippen LogP contribution < -0.4 is 10.6 Å². The fourth-order valence-electron chi connectivity index (χ4n) is 3.07. The molecule has 1 aromatic carbocycles. The number of carbonyl (C=O) groups excluding carboxylic acids is 1. The van der Waals surface area contributed by atoms with Crippen molar-refractivity contribution in [1.29, 1.82) is 0 Å². The summed E-state index contributed by atoms with van der Waals surface area (Å²) >= 11 is 0. The Bertz CT molecular complexity index is 1130. The number of aromatic nitrogens is 5. The lowest BCUT2D eigenvalue weighted by Crippen LogP contribution is -2.30. The van der Waals surface area contributed by atoms with Crippen LogP contribution in [0.1, 0.15) is 17.1 Å². The molecule has 4 aromatic rings. The summed E-state index contributed by atoms with van der Waals surface area (Å²) in [6.45, 7) is 4.89. The van der Waals surface area contributed by atoms with E-state index in [2.05, 4.69) is 31.1 Å². The molecular weight excluding hydrogens is 370 g/mol. The van der Waals surface area contributed by atoms with Crippen LogP contribution in [0.5, 0.6) is 0 Å². The van der Waals surface area contributed by atoms with E-state index in [4.69, 9.17) is 4.52 Å². The molecule has 0 radical (unpaired) electrons. The van der Waals surface area contributed by atoms with Gasteiger partial charge in [-0.05, 0) is 44.2 Å². The average Bonchev–Trinajstić information content (AvgIpc) is 3.28. The highest BCUT2D eigenvalue weighted by Crippen LogP contribution is 2.18. The summed E-state index contributed by atoms with van der Waals surface area (Å²) < 4.78 is 6.97. The summed E-state index contributed by atoms with van der Waals surface area (Å²) in [4.78, 5) is 12.1. The third-order valence-electron chi connectivity index (χ3n) is 4.41. The summed E-state index contributed by atoms with van der Waals surface area (Å²) in [5.41, 5.74) is 3.25. The van der Waals surface area contributed by atoms with E-state index in [-0.39, 0.29) is 12.3 Å². The average molecular weight is 391 g/mol. The first-order chi connectivity index (χ1) is 14.1. The summed E-state index contributed by atoms with van der Waals surface area (Å²) in [6.07, 6.45) is 0.175. The molecule has 4 rings (SSSR count). The van der Waals surface area contributed by atoms with Crippen molar-refractivity contribution in [2.24, 2.45) is 0 Å². The second kappa shape index (κ2) is 8.09. The minimum atomic E-state index is -0.114. The van der Waals surface area contributed by atoms with E-state index in [0.717, 1.165) is 16.8 Å². The van der Waals surface area contributed by atoms with Gasteiger partial charge < -0.3 is 15.2 Å². The Morgan fingerprint density at radius 3 is 2.72 bits per heavy atom. The maximum Gasteiger partial charge on any atom is 0.226 e. The van der Waals surface area contributed by atoms with Gasteiger partial charge in [-0.2, -0.15) is 5.10 Å². The summed E-state index contributed by atoms with van der Waals surface area (Å²) in [7, 11) is 0. The van der Waals surface area contributed by atoms with Gasteiger partial charge in [-0.15, -0.1) is 10.2 Å². The standard InChI is InChI=1S/C20H21N7O2/c1-13-11-14(2)27(25-13)19-8-7-18(23-24-19)21-9-10-22-20(28)12-16-15-5-3-4-6-17(15)29-26-16/h3-8,11H,9-10,12H2,1-2H3,(H,21,23)(H,22,28). The molecule has 0 aliphatic rings. The molecule has 0 fully saturated rings. The molecule has 1 amide bonds. The third-order valence-corrected chi connectivity index (χ3v) is 4.41. The second-order valence-corrected chi connectivity index (χ2v) is 6.69. The van der Waals surface area contributed by atoms with Gasteiger partial charge in [-0.1, -0.05) is 17.3 Å². The van der Waals surface area contributed by atoms with Gasteiger partial charge >= 0.3 is 0 Å². The number of anilines is 1. The zero-order chi connectivity index (χ0) is 20.2. The van der Waals surface area contributed by atoms with Crippen LogP contribution in [0.3, 0.4) is 0 Å². The minimum absolute atomic E-state index is 0.114. The van der Waals surface area contributed by atoms with Crippen molar-refractivity contribution in [3.05, 3.63) is 59.5 Å². The molecule has 9 nitrogen and oxygen atoms in total. The van der Waals surface area contributed by atoms with Gasteiger partial charge in [0.2, 0.25) is 5.91 Å². The molecule has 0 saturated heterocycles. The molecule has 148 valence electrons. The number of rotatable bonds is 7. The highest BCUT2D eigenvalue weighted by molar-refractivity contribution is 5.86. The topological polar surface area (TPSA) is 111 Å². The molecule has 0 spiro atoms. The maximum absolute atomic E-state index is 12.1. The first-order valence-electron chi connectivity index (χ1n) is 9.31. The number of para-hydroxylation sites is 1. The van der Waals surface area contributed by atoms with Crippen molar-refractivity contribution in [1.82, 2.24) is 30.5 Å². The van der Waals surface area contributed by atoms with Crippen molar-refractivity contribution >= 4 is 22.7 Å². The van der Waals surface area contributed by atoms with E-state index < -0.39 is 0 Å². The van der Waals surface area contributed by atoms with Gasteiger partial charge in [0.05, 0.1) is 12.1 Å². The lowest BCUT2D eigenvalue weighted by Gasteiger charge is -2.07. The highest BCUT2D eigenvalue weighted by Gasteiger charge is 2.11. The van der Waals surface area contributed by atoms with Crippen molar-refractivity contribution < 1.29 is 9.32 Å². The lowest BCUT2D eigenvalue weighted by atomic mass is 10.1. The van der Waals surface area contributed by atoms with Gasteiger partial charge in [0, 0.05) is 24.2 Å². The number of carbonyl (C=O) groups is 1. The molecule has 0 aliphatic heterocycles. The zero-order valence-corrected chi connectivity index (χ0v) is 16.2. The Kier molecular flexibility index (Phi) is 5.19. The predicted octanol–water partition coefficient (Wildman–Crippen LogP) is 2.19. The lowest BCUT2D eigenvalue weighted by molar-refractivity contribution is -0.120. The molecule has 2 N–H and O–H groups in total. The number of amides is 1. The van der Waals surface area contributed by atoms with Gasteiger partial charge in [-0.25, -0.2) is 4.68 Å². The molecule has 9 heteroatoms. The Morgan fingerprint density at radius 1 is 1.10 bits per heavy atom. The van der Waals surface area contributed by atoms with Crippen molar-refractivity contribution in [2.75, 3.05) is 18.4 Å². The number of aryl methyl sites for hydroxylation is 2. The molecule has 0 bridgehead atoms. The normalized spacial score (nSPS) is 11.0. The number of nitrogens with zero attached hydrogens (tertiary/aromatic N) is 5. The fraction of sp³-hybridized carbons (Fsp3) is 0.250. The Labute approximate surface area is 167 Å². The number of fused-ring (bicyclic) bond motifs is 1. The molecule has 29 heavy (non-hydrogen) atoms. The number of hydrogen-bond donors (Lipinski definition) is 2. The number of hydrogen-bond acceptors (Lipinski definition) is 7. The van der Waals surface area contributed by atoms with Crippen molar-refractivity contribution in [3.8, 4) is 5.82 Å². The summed E-state index contributed by atoms with van der Waals surface area (Å²) in [5, 5.41) is 23.6. The number of nitrogens with one attached hydrogen (secondary N) is 2. The van der Waals surface area contributed by atoms with Crippen LogP contribution in [-0.4, -0.2) is 44.1 Å².